The Balaban J connectivity index is 1.72. The van der Waals surface area contributed by atoms with Crippen molar-refractivity contribution in [3.63, 3.8) is 0 Å². The summed E-state index contributed by atoms with van der Waals surface area (Å²) in [4.78, 5) is 6.77. The standard InChI is InChI=1S/C14H27N3O/c1-3-18-11-8-14(6-7-14)12-16-13(15-2)17-9-4-5-10-17/h3-12H2,1-2H3,(H,15,16). The molecule has 0 unspecified atom stereocenters. The van der Waals surface area contributed by atoms with Gasteiger partial charge in [0.1, 0.15) is 0 Å². The Bertz CT molecular complexity index is 281. The second-order valence-corrected chi connectivity index (χ2v) is 5.54. The first-order valence-corrected chi connectivity index (χ1v) is 7.33. The van der Waals surface area contributed by atoms with Crippen molar-refractivity contribution < 1.29 is 4.74 Å². The number of rotatable bonds is 6. The highest BCUT2D eigenvalue weighted by molar-refractivity contribution is 5.80. The molecule has 1 saturated carbocycles. The molecule has 0 spiro atoms. The molecular formula is C14H27N3O. The number of hydrogen-bond donors (Lipinski definition) is 1. The fourth-order valence-electron chi connectivity index (χ4n) is 2.65. The van der Waals surface area contributed by atoms with Crippen LogP contribution in [-0.4, -0.2) is 50.8 Å². The molecule has 0 atom stereocenters. The summed E-state index contributed by atoms with van der Waals surface area (Å²) in [6.45, 7) is 7.17. The molecule has 4 heteroatoms. The first kappa shape index (κ1) is 13.7. The SMILES string of the molecule is CCOCCC1(CNC(=NC)N2CCCC2)CC1. The van der Waals surface area contributed by atoms with E-state index in [-0.39, 0.29) is 0 Å². The van der Waals surface area contributed by atoms with Gasteiger partial charge in [-0.25, -0.2) is 0 Å². The Morgan fingerprint density at radius 1 is 1.33 bits per heavy atom. The third-order valence-electron chi connectivity index (χ3n) is 4.18. The summed E-state index contributed by atoms with van der Waals surface area (Å²) in [5.74, 6) is 1.09. The number of guanidine groups is 1. The van der Waals surface area contributed by atoms with Gasteiger partial charge in [-0.1, -0.05) is 0 Å². The topological polar surface area (TPSA) is 36.9 Å². The van der Waals surface area contributed by atoms with E-state index in [4.69, 9.17) is 4.74 Å². The largest absolute Gasteiger partial charge is 0.382 e. The highest BCUT2D eigenvalue weighted by Gasteiger charge is 2.42. The molecular weight excluding hydrogens is 226 g/mol. The van der Waals surface area contributed by atoms with E-state index in [1.54, 1.807) is 0 Å². The van der Waals surface area contributed by atoms with Gasteiger partial charge in [0.15, 0.2) is 5.96 Å². The van der Waals surface area contributed by atoms with E-state index in [2.05, 4.69) is 22.1 Å². The Hall–Kier alpha value is -0.770. The van der Waals surface area contributed by atoms with Gasteiger partial charge >= 0.3 is 0 Å². The van der Waals surface area contributed by atoms with Crippen LogP contribution >= 0.6 is 0 Å². The van der Waals surface area contributed by atoms with E-state index < -0.39 is 0 Å². The number of nitrogens with one attached hydrogen (secondary N) is 1. The van der Waals surface area contributed by atoms with Crippen molar-refractivity contribution in [3.8, 4) is 0 Å². The van der Waals surface area contributed by atoms with Crippen LogP contribution in [0.5, 0.6) is 0 Å². The van der Waals surface area contributed by atoms with Crippen molar-refractivity contribution >= 4 is 5.96 Å². The highest BCUT2D eigenvalue weighted by Crippen LogP contribution is 2.48. The van der Waals surface area contributed by atoms with E-state index in [0.717, 1.165) is 38.8 Å². The zero-order chi connectivity index (χ0) is 12.8. The molecule has 2 rings (SSSR count). The van der Waals surface area contributed by atoms with E-state index in [1.807, 2.05) is 7.05 Å². The second kappa shape index (κ2) is 6.41. The van der Waals surface area contributed by atoms with Crippen LogP contribution in [0, 0.1) is 5.41 Å². The first-order valence-electron chi connectivity index (χ1n) is 7.33. The molecule has 0 radical (unpaired) electrons. The fourth-order valence-corrected chi connectivity index (χ4v) is 2.65. The van der Waals surface area contributed by atoms with Crippen molar-refractivity contribution in [2.45, 2.75) is 39.0 Å². The third kappa shape index (κ3) is 3.61. The molecule has 104 valence electrons. The Morgan fingerprint density at radius 2 is 2.06 bits per heavy atom. The van der Waals surface area contributed by atoms with E-state index in [0.29, 0.717) is 5.41 Å². The molecule has 1 N–H and O–H groups in total. The van der Waals surface area contributed by atoms with Crippen LogP contribution in [0.4, 0.5) is 0 Å². The fraction of sp³-hybridized carbons (Fsp3) is 0.929. The third-order valence-corrected chi connectivity index (χ3v) is 4.18. The molecule has 2 fully saturated rings. The highest BCUT2D eigenvalue weighted by atomic mass is 16.5. The quantitative estimate of drug-likeness (QED) is 0.446. The summed E-state index contributed by atoms with van der Waals surface area (Å²) in [6, 6.07) is 0. The van der Waals surface area contributed by atoms with Gasteiger partial charge in [0.25, 0.3) is 0 Å². The average molecular weight is 253 g/mol. The Kier molecular flexibility index (Phi) is 4.87. The summed E-state index contributed by atoms with van der Waals surface area (Å²) in [5, 5.41) is 3.56. The Labute approximate surface area is 111 Å². The van der Waals surface area contributed by atoms with Crippen molar-refractivity contribution in [2.24, 2.45) is 10.4 Å². The molecule has 2 aliphatic rings. The minimum absolute atomic E-state index is 0.491. The average Bonchev–Trinajstić information content (AvgIpc) is 2.94. The maximum atomic E-state index is 5.47. The van der Waals surface area contributed by atoms with Gasteiger partial charge in [-0.15, -0.1) is 0 Å². The van der Waals surface area contributed by atoms with Gasteiger partial charge in [0, 0.05) is 39.9 Å². The van der Waals surface area contributed by atoms with Gasteiger partial charge in [-0.3, -0.25) is 4.99 Å². The van der Waals surface area contributed by atoms with Crippen LogP contribution in [0.2, 0.25) is 0 Å². The number of hydrogen-bond acceptors (Lipinski definition) is 2. The summed E-state index contributed by atoms with van der Waals surface area (Å²) >= 11 is 0. The van der Waals surface area contributed by atoms with Crippen molar-refractivity contribution in [3.05, 3.63) is 0 Å². The van der Waals surface area contributed by atoms with Crippen molar-refractivity contribution in [1.29, 1.82) is 0 Å². The minimum Gasteiger partial charge on any atom is -0.382 e. The molecule has 1 heterocycles. The summed E-state index contributed by atoms with van der Waals surface area (Å²) in [5.41, 5.74) is 0.491. The molecule has 1 aliphatic carbocycles. The first-order chi connectivity index (χ1) is 8.79. The second-order valence-electron chi connectivity index (χ2n) is 5.54. The lowest BCUT2D eigenvalue weighted by Crippen LogP contribution is -2.42. The molecule has 0 aromatic rings. The predicted molar refractivity (Wildman–Crippen MR) is 74.9 cm³/mol. The number of aliphatic imine (C=N–C) groups is 1. The zero-order valence-electron chi connectivity index (χ0n) is 11.9. The maximum absolute atomic E-state index is 5.47. The summed E-state index contributed by atoms with van der Waals surface area (Å²) < 4.78 is 5.47. The lowest BCUT2D eigenvalue weighted by atomic mass is 10.0. The van der Waals surface area contributed by atoms with Crippen LogP contribution in [0.25, 0.3) is 0 Å². The predicted octanol–water partition coefficient (Wildman–Crippen LogP) is 1.86. The monoisotopic (exact) mass is 253 g/mol. The number of ether oxygens (including phenoxy) is 1. The van der Waals surface area contributed by atoms with Gasteiger partial charge in [0.2, 0.25) is 0 Å². The van der Waals surface area contributed by atoms with Crippen molar-refractivity contribution in [1.82, 2.24) is 10.2 Å². The van der Waals surface area contributed by atoms with Crippen molar-refractivity contribution in [2.75, 3.05) is 39.9 Å². The molecule has 1 saturated heterocycles. The molecule has 0 bridgehead atoms. The van der Waals surface area contributed by atoms with Gasteiger partial charge in [-0.05, 0) is 44.4 Å². The molecule has 0 aromatic carbocycles. The van der Waals surface area contributed by atoms with Crippen LogP contribution in [0.1, 0.15) is 39.0 Å². The van der Waals surface area contributed by atoms with Crippen LogP contribution in [0.15, 0.2) is 4.99 Å². The van der Waals surface area contributed by atoms with E-state index in [9.17, 15) is 0 Å². The molecule has 0 aromatic heterocycles. The summed E-state index contributed by atoms with van der Waals surface area (Å²) in [7, 11) is 1.89. The smallest absolute Gasteiger partial charge is 0.193 e. The number of likely N-dealkylation sites (tertiary alicyclic amines) is 1. The van der Waals surface area contributed by atoms with Crippen LogP contribution in [0.3, 0.4) is 0 Å². The van der Waals surface area contributed by atoms with Gasteiger partial charge < -0.3 is 15.0 Å². The molecule has 1 aliphatic heterocycles. The van der Waals surface area contributed by atoms with Crippen LogP contribution < -0.4 is 5.32 Å². The van der Waals surface area contributed by atoms with Crippen LogP contribution in [-0.2, 0) is 4.74 Å². The lowest BCUT2D eigenvalue weighted by molar-refractivity contribution is 0.128. The Morgan fingerprint density at radius 3 is 2.61 bits per heavy atom. The minimum atomic E-state index is 0.491. The molecule has 4 nitrogen and oxygen atoms in total. The number of nitrogens with zero attached hydrogens (tertiary/aromatic N) is 2. The molecule has 18 heavy (non-hydrogen) atoms. The maximum Gasteiger partial charge on any atom is 0.193 e. The summed E-state index contributed by atoms with van der Waals surface area (Å²) in [6.07, 6.45) is 6.46. The lowest BCUT2D eigenvalue weighted by Gasteiger charge is -2.23. The van der Waals surface area contributed by atoms with E-state index >= 15 is 0 Å². The normalized spacial score (nSPS) is 22.3. The molecule has 0 amide bonds. The zero-order valence-corrected chi connectivity index (χ0v) is 11.9. The van der Waals surface area contributed by atoms with Gasteiger partial charge in [0.05, 0.1) is 0 Å². The van der Waals surface area contributed by atoms with Gasteiger partial charge in [-0.2, -0.15) is 0 Å². The van der Waals surface area contributed by atoms with E-state index in [1.165, 1.54) is 32.1 Å².